The first-order chi connectivity index (χ1) is 13.3. The van der Waals surface area contributed by atoms with Crippen LogP contribution >= 0.6 is 0 Å². The Balaban J connectivity index is 0.000000568. The molecule has 2 aromatic carbocycles. The number of hydrogen-bond acceptors (Lipinski definition) is 6. The van der Waals surface area contributed by atoms with E-state index in [-0.39, 0.29) is 11.9 Å². The molecule has 8 nitrogen and oxygen atoms in total. The van der Waals surface area contributed by atoms with Crippen molar-refractivity contribution < 1.29 is 34.4 Å². The zero-order chi connectivity index (χ0) is 20.9. The highest BCUT2D eigenvalue weighted by atomic mass is 16.5. The van der Waals surface area contributed by atoms with E-state index < -0.39 is 11.9 Å². The average molecular weight is 389 g/mol. The number of carbonyl (C=O) groups is 3. The maximum absolute atomic E-state index is 12.2. The number of ketones is 1. The Morgan fingerprint density at radius 1 is 0.929 bits per heavy atom. The molecule has 0 saturated carbocycles. The minimum Gasteiger partial charge on any atom is -0.492 e. The lowest BCUT2D eigenvalue weighted by Crippen LogP contribution is -2.28. The first kappa shape index (κ1) is 22.8. The van der Waals surface area contributed by atoms with Gasteiger partial charge in [-0.05, 0) is 31.2 Å². The number of nitrogens with one attached hydrogen (secondary N) is 1. The van der Waals surface area contributed by atoms with Gasteiger partial charge in [0.05, 0.1) is 6.10 Å². The standard InChI is InChI=1S/C18H21NO3.C2H2O4/c1-14(20)13-19-11-12-22-17-9-7-16(8-10-17)18(21)15-5-3-2-4-6-15;3-1(4)2(5)6/h2-10,14,19-20H,11-13H2,1H3;(H,3,4)(H,5,6). The molecule has 0 heterocycles. The van der Waals surface area contributed by atoms with Crippen LogP contribution in [0.3, 0.4) is 0 Å². The Bertz CT molecular complexity index is 746. The van der Waals surface area contributed by atoms with E-state index in [1.54, 1.807) is 43.3 Å². The zero-order valence-electron chi connectivity index (χ0n) is 15.4. The van der Waals surface area contributed by atoms with Gasteiger partial charge in [0.2, 0.25) is 0 Å². The maximum atomic E-state index is 12.2. The largest absolute Gasteiger partial charge is 0.492 e. The number of rotatable bonds is 8. The molecule has 0 bridgehead atoms. The van der Waals surface area contributed by atoms with Gasteiger partial charge in [0, 0.05) is 24.2 Å². The predicted molar refractivity (Wildman–Crippen MR) is 102 cm³/mol. The summed E-state index contributed by atoms with van der Waals surface area (Å²) in [7, 11) is 0. The van der Waals surface area contributed by atoms with Gasteiger partial charge >= 0.3 is 11.9 Å². The lowest BCUT2D eigenvalue weighted by molar-refractivity contribution is -0.159. The van der Waals surface area contributed by atoms with Crippen molar-refractivity contribution in [2.45, 2.75) is 13.0 Å². The van der Waals surface area contributed by atoms with Gasteiger partial charge in [-0.25, -0.2) is 9.59 Å². The number of carbonyl (C=O) groups excluding carboxylic acids is 1. The lowest BCUT2D eigenvalue weighted by Gasteiger charge is -2.09. The van der Waals surface area contributed by atoms with E-state index in [0.717, 1.165) is 5.75 Å². The Hall–Kier alpha value is -3.23. The van der Waals surface area contributed by atoms with Gasteiger partial charge in [0.15, 0.2) is 5.78 Å². The topological polar surface area (TPSA) is 133 Å². The van der Waals surface area contributed by atoms with Gasteiger partial charge in [-0.1, -0.05) is 30.3 Å². The van der Waals surface area contributed by atoms with Crippen LogP contribution < -0.4 is 10.1 Å². The molecule has 4 N–H and O–H groups in total. The summed E-state index contributed by atoms with van der Waals surface area (Å²) >= 11 is 0. The van der Waals surface area contributed by atoms with Crippen LogP contribution in [0, 0.1) is 0 Å². The molecule has 0 radical (unpaired) electrons. The second-order valence-corrected chi connectivity index (χ2v) is 5.73. The molecule has 2 aromatic rings. The van der Waals surface area contributed by atoms with Crippen LogP contribution in [0.5, 0.6) is 5.75 Å². The summed E-state index contributed by atoms with van der Waals surface area (Å²) in [4.78, 5) is 30.4. The van der Waals surface area contributed by atoms with E-state index in [2.05, 4.69) is 5.32 Å². The Labute approximate surface area is 162 Å². The number of benzene rings is 2. The van der Waals surface area contributed by atoms with Crippen LogP contribution in [0.4, 0.5) is 0 Å². The van der Waals surface area contributed by atoms with Crippen LogP contribution in [-0.4, -0.2) is 58.8 Å². The van der Waals surface area contributed by atoms with E-state index >= 15 is 0 Å². The summed E-state index contributed by atoms with van der Waals surface area (Å²) in [5.41, 5.74) is 1.32. The van der Waals surface area contributed by atoms with Crippen molar-refractivity contribution in [1.82, 2.24) is 5.32 Å². The first-order valence-corrected chi connectivity index (χ1v) is 8.49. The Kier molecular flexibility index (Phi) is 9.95. The van der Waals surface area contributed by atoms with Gasteiger partial charge in [-0.15, -0.1) is 0 Å². The third-order valence-corrected chi connectivity index (χ3v) is 3.32. The van der Waals surface area contributed by atoms with Crippen LogP contribution in [0.1, 0.15) is 22.8 Å². The van der Waals surface area contributed by atoms with E-state index in [4.69, 9.17) is 29.6 Å². The monoisotopic (exact) mass is 389 g/mol. The van der Waals surface area contributed by atoms with Crippen LogP contribution in [-0.2, 0) is 9.59 Å². The number of hydrogen-bond donors (Lipinski definition) is 4. The fraction of sp³-hybridized carbons (Fsp3) is 0.250. The highest BCUT2D eigenvalue weighted by molar-refractivity contribution is 6.27. The summed E-state index contributed by atoms with van der Waals surface area (Å²) in [5, 5.41) is 27.0. The molecule has 1 atom stereocenters. The van der Waals surface area contributed by atoms with Gasteiger partial charge in [-0.3, -0.25) is 4.79 Å². The molecule has 0 fully saturated rings. The summed E-state index contributed by atoms with van der Waals surface area (Å²) in [6.45, 7) is 3.46. The number of carboxylic acids is 2. The van der Waals surface area contributed by atoms with E-state index in [1.165, 1.54) is 0 Å². The van der Waals surface area contributed by atoms with Gasteiger partial charge in [-0.2, -0.15) is 0 Å². The quantitative estimate of drug-likeness (QED) is 0.303. The second kappa shape index (κ2) is 12.2. The Morgan fingerprint density at radius 2 is 1.46 bits per heavy atom. The van der Waals surface area contributed by atoms with Crippen molar-refractivity contribution in [2.24, 2.45) is 0 Å². The van der Waals surface area contributed by atoms with E-state index in [1.807, 2.05) is 18.2 Å². The van der Waals surface area contributed by atoms with Crippen molar-refractivity contribution in [2.75, 3.05) is 19.7 Å². The molecule has 0 spiro atoms. The normalized spacial score (nSPS) is 10.9. The third-order valence-electron chi connectivity index (χ3n) is 3.32. The van der Waals surface area contributed by atoms with Crippen LogP contribution in [0.15, 0.2) is 54.6 Å². The van der Waals surface area contributed by atoms with Gasteiger partial charge in [0.25, 0.3) is 0 Å². The van der Waals surface area contributed by atoms with Crippen molar-refractivity contribution >= 4 is 17.7 Å². The number of aliphatic carboxylic acids is 2. The summed E-state index contributed by atoms with van der Waals surface area (Å²) < 4.78 is 5.57. The van der Waals surface area contributed by atoms with Crippen LogP contribution in [0.2, 0.25) is 0 Å². The first-order valence-electron chi connectivity index (χ1n) is 8.49. The SMILES string of the molecule is CC(O)CNCCOc1ccc(C(=O)c2ccccc2)cc1.O=C(O)C(=O)O. The smallest absolute Gasteiger partial charge is 0.414 e. The minimum absolute atomic E-state index is 0.00532. The van der Waals surface area contributed by atoms with Crippen molar-refractivity contribution in [3.63, 3.8) is 0 Å². The fourth-order valence-corrected chi connectivity index (χ4v) is 2.01. The number of aliphatic hydroxyl groups excluding tert-OH is 1. The molecule has 28 heavy (non-hydrogen) atoms. The molecule has 0 saturated heterocycles. The number of ether oxygens (including phenoxy) is 1. The molecular formula is C20H23NO7. The molecule has 0 aliphatic heterocycles. The van der Waals surface area contributed by atoms with Gasteiger partial charge < -0.3 is 25.4 Å². The highest BCUT2D eigenvalue weighted by Crippen LogP contribution is 2.15. The zero-order valence-corrected chi connectivity index (χ0v) is 15.4. The molecule has 2 rings (SSSR count). The predicted octanol–water partition coefficient (Wildman–Crippen LogP) is 1.42. The summed E-state index contributed by atoms with van der Waals surface area (Å²) in [6, 6.07) is 16.3. The van der Waals surface area contributed by atoms with Crippen molar-refractivity contribution in [1.29, 1.82) is 0 Å². The highest BCUT2D eigenvalue weighted by Gasteiger charge is 2.08. The second-order valence-electron chi connectivity index (χ2n) is 5.73. The number of aliphatic hydroxyl groups is 1. The van der Waals surface area contributed by atoms with Gasteiger partial charge in [0.1, 0.15) is 12.4 Å². The average Bonchev–Trinajstić information content (AvgIpc) is 2.68. The van der Waals surface area contributed by atoms with Crippen molar-refractivity contribution in [3.05, 3.63) is 65.7 Å². The molecule has 0 amide bonds. The molecule has 0 aromatic heterocycles. The Morgan fingerprint density at radius 3 is 1.96 bits per heavy atom. The molecule has 8 heteroatoms. The summed E-state index contributed by atoms with van der Waals surface area (Å²) in [5.74, 6) is -2.92. The van der Waals surface area contributed by atoms with E-state index in [0.29, 0.717) is 30.8 Å². The van der Waals surface area contributed by atoms with E-state index in [9.17, 15) is 4.79 Å². The van der Waals surface area contributed by atoms with Crippen LogP contribution in [0.25, 0.3) is 0 Å². The molecule has 0 aliphatic carbocycles. The van der Waals surface area contributed by atoms with Crippen molar-refractivity contribution in [3.8, 4) is 5.75 Å². The lowest BCUT2D eigenvalue weighted by atomic mass is 10.0. The third kappa shape index (κ3) is 8.93. The maximum Gasteiger partial charge on any atom is 0.414 e. The molecule has 150 valence electrons. The molecular weight excluding hydrogens is 366 g/mol. The molecule has 1 unspecified atom stereocenters. The minimum atomic E-state index is -1.82. The fourth-order valence-electron chi connectivity index (χ4n) is 2.01. The number of carboxylic acid groups (broad SMARTS) is 2. The molecule has 0 aliphatic rings. The summed E-state index contributed by atoms with van der Waals surface area (Å²) in [6.07, 6.45) is -0.358.